The molecule has 3 heterocycles. The topological polar surface area (TPSA) is 34.0 Å². The fourth-order valence-corrected chi connectivity index (χ4v) is 9.17. The van der Waals surface area contributed by atoms with Gasteiger partial charge < -0.3 is 4.90 Å². The SMILES string of the molecule is c1ccc(-c2ccc(-c3cc(-n4c5ccccc5c5cc(-c6ccc7c(c6)Sc6ccccc6N7c6ccccc6)ccc54)nc(-c4ccccc4)n3)cc2)cc1. The van der Waals surface area contributed by atoms with E-state index in [0.29, 0.717) is 5.82 Å². The molecule has 0 unspecified atom stereocenters. The summed E-state index contributed by atoms with van der Waals surface area (Å²) in [7, 11) is 0. The summed E-state index contributed by atoms with van der Waals surface area (Å²) in [4.78, 5) is 15.3. The number of aromatic nitrogens is 3. The third-order valence-electron chi connectivity index (χ3n) is 10.8. The van der Waals surface area contributed by atoms with Crippen LogP contribution < -0.4 is 4.90 Å². The molecule has 5 heteroatoms. The zero-order chi connectivity index (χ0) is 37.7. The first kappa shape index (κ1) is 33.2. The maximum Gasteiger partial charge on any atom is 0.162 e. The van der Waals surface area contributed by atoms with Gasteiger partial charge in [-0.1, -0.05) is 157 Å². The van der Waals surface area contributed by atoms with Crippen LogP contribution in [-0.4, -0.2) is 14.5 Å². The molecule has 11 rings (SSSR count). The summed E-state index contributed by atoms with van der Waals surface area (Å²) in [6, 6.07) is 73.2. The van der Waals surface area contributed by atoms with Gasteiger partial charge in [0.2, 0.25) is 0 Å². The van der Waals surface area contributed by atoms with Gasteiger partial charge >= 0.3 is 0 Å². The molecule has 0 N–H and O–H groups in total. The molecule has 0 aliphatic carbocycles. The van der Waals surface area contributed by atoms with E-state index in [-0.39, 0.29) is 0 Å². The first-order valence-electron chi connectivity index (χ1n) is 19.2. The molecule has 0 amide bonds. The Morgan fingerprint density at radius 3 is 1.75 bits per heavy atom. The zero-order valence-electron chi connectivity index (χ0n) is 30.8. The van der Waals surface area contributed by atoms with Crippen molar-refractivity contribution in [1.29, 1.82) is 0 Å². The molecule has 1 aliphatic rings. The molecule has 0 saturated carbocycles. The molecular formula is C52H34N4S. The van der Waals surface area contributed by atoms with Crippen molar-refractivity contribution in [2.45, 2.75) is 9.79 Å². The summed E-state index contributed by atoms with van der Waals surface area (Å²) in [6.07, 6.45) is 0. The van der Waals surface area contributed by atoms with Gasteiger partial charge in [-0.05, 0) is 76.9 Å². The number of para-hydroxylation sites is 3. The Balaban J connectivity index is 1.04. The zero-order valence-corrected chi connectivity index (χ0v) is 31.6. The van der Waals surface area contributed by atoms with E-state index in [4.69, 9.17) is 9.97 Å². The fourth-order valence-electron chi connectivity index (χ4n) is 8.07. The molecule has 8 aromatic carbocycles. The van der Waals surface area contributed by atoms with Crippen LogP contribution in [0, 0.1) is 0 Å². The Labute approximate surface area is 335 Å². The molecule has 4 nitrogen and oxygen atoms in total. The van der Waals surface area contributed by atoms with E-state index in [1.807, 2.05) is 36.0 Å². The lowest BCUT2D eigenvalue weighted by Gasteiger charge is -2.33. The molecule has 57 heavy (non-hydrogen) atoms. The fraction of sp³-hybridized carbons (Fsp3) is 0. The standard InChI is InChI=1S/C52H34N4S/c1-4-14-35(15-5-1)36-24-26-37(27-25-36)44-34-51(54-52(53-44)38-16-6-2-7-17-38)56-45-21-11-10-20-42(45)43-32-39(28-30-46(43)56)40-29-31-48-50(33-40)57-49-23-13-12-22-47(49)55(48)41-18-8-3-9-19-41/h1-34H. The van der Waals surface area contributed by atoms with E-state index < -0.39 is 0 Å². The number of hydrogen-bond donors (Lipinski definition) is 0. The van der Waals surface area contributed by atoms with E-state index in [2.05, 4.69) is 191 Å². The van der Waals surface area contributed by atoms with E-state index in [1.54, 1.807) is 0 Å². The van der Waals surface area contributed by atoms with E-state index in [1.165, 1.54) is 54.2 Å². The van der Waals surface area contributed by atoms with Crippen molar-refractivity contribution in [1.82, 2.24) is 14.5 Å². The summed E-state index contributed by atoms with van der Waals surface area (Å²) in [5.74, 6) is 1.52. The normalized spacial score (nSPS) is 12.1. The van der Waals surface area contributed by atoms with Crippen LogP contribution in [0.1, 0.15) is 0 Å². The Morgan fingerprint density at radius 2 is 0.947 bits per heavy atom. The molecule has 0 bridgehead atoms. The summed E-state index contributed by atoms with van der Waals surface area (Å²) in [6.45, 7) is 0. The van der Waals surface area contributed by atoms with Gasteiger partial charge in [0.05, 0.1) is 28.1 Å². The number of hydrogen-bond acceptors (Lipinski definition) is 4. The second-order valence-electron chi connectivity index (χ2n) is 14.3. The van der Waals surface area contributed by atoms with Crippen LogP contribution in [0.25, 0.3) is 72.5 Å². The Kier molecular flexibility index (Phi) is 8.04. The summed E-state index contributed by atoms with van der Waals surface area (Å²) < 4.78 is 2.29. The van der Waals surface area contributed by atoms with Crippen LogP contribution in [0.4, 0.5) is 17.1 Å². The van der Waals surface area contributed by atoms with Gasteiger partial charge in [0, 0.05) is 43.4 Å². The second-order valence-corrected chi connectivity index (χ2v) is 15.3. The highest BCUT2D eigenvalue weighted by Crippen LogP contribution is 2.52. The van der Waals surface area contributed by atoms with Crippen molar-refractivity contribution >= 4 is 50.6 Å². The van der Waals surface area contributed by atoms with Crippen molar-refractivity contribution < 1.29 is 0 Å². The first-order valence-corrected chi connectivity index (χ1v) is 20.0. The van der Waals surface area contributed by atoms with Crippen LogP contribution in [0.3, 0.4) is 0 Å². The second kappa shape index (κ2) is 13.8. The average Bonchev–Trinajstić information content (AvgIpc) is 3.62. The molecular weight excluding hydrogens is 713 g/mol. The van der Waals surface area contributed by atoms with Crippen LogP contribution in [0.15, 0.2) is 216 Å². The predicted octanol–water partition coefficient (Wildman–Crippen LogP) is 14.2. The highest BCUT2D eigenvalue weighted by Gasteiger charge is 2.25. The van der Waals surface area contributed by atoms with Crippen molar-refractivity contribution in [2.24, 2.45) is 0 Å². The van der Waals surface area contributed by atoms with Crippen LogP contribution in [0.5, 0.6) is 0 Å². The summed E-state index contributed by atoms with van der Waals surface area (Å²) >= 11 is 1.84. The quantitative estimate of drug-likeness (QED) is 0.170. The molecule has 0 saturated heterocycles. The molecule has 268 valence electrons. The van der Waals surface area contributed by atoms with Crippen molar-refractivity contribution in [3.05, 3.63) is 206 Å². The molecule has 0 atom stereocenters. The monoisotopic (exact) mass is 746 g/mol. The van der Waals surface area contributed by atoms with Gasteiger partial charge in [0.25, 0.3) is 0 Å². The van der Waals surface area contributed by atoms with Crippen LogP contribution in [0.2, 0.25) is 0 Å². The Morgan fingerprint density at radius 1 is 0.368 bits per heavy atom. The predicted molar refractivity (Wildman–Crippen MR) is 237 cm³/mol. The van der Waals surface area contributed by atoms with Gasteiger partial charge in [-0.2, -0.15) is 0 Å². The van der Waals surface area contributed by atoms with Crippen molar-refractivity contribution in [3.8, 4) is 50.7 Å². The first-order chi connectivity index (χ1) is 28.2. The maximum atomic E-state index is 5.26. The smallest absolute Gasteiger partial charge is 0.162 e. The average molecular weight is 747 g/mol. The third kappa shape index (κ3) is 5.88. The number of anilines is 3. The molecule has 2 aromatic heterocycles. The highest BCUT2D eigenvalue weighted by atomic mass is 32.2. The third-order valence-corrected chi connectivity index (χ3v) is 11.9. The lowest BCUT2D eigenvalue weighted by atomic mass is 10.0. The number of benzene rings is 8. The lowest BCUT2D eigenvalue weighted by molar-refractivity contribution is 1.05. The molecule has 0 fully saturated rings. The van der Waals surface area contributed by atoms with Gasteiger partial charge in [-0.15, -0.1) is 0 Å². The minimum Gasteiger partial charge on any atom is -0.308 e. The van der Waals surface area contributed by atoms with Crippen molar-refractivity contribution in [2.75, 3.05) is 4.90 Å². The molecule has 1 aliphatic heterocycles. The molecule has 0 spiro atoms. The van der Waals surface area contributed by atoms with E-state index >= 15 is 0 Å². The number of fused-ring (bicyclic) bond motifs is 5. The van der Waals surface area contributed by atoms with Crippen LogP contribution in [-0.2, 0) is 0 Å². The largest absolute Gasteiger partial charge is 0.308 e. The molecule has 10 aromatic rings. The van der Waals surface area contributed by atoms with E-state index in [0.717, 1.165) is 39.4 Å². The van der Waals surface area contributed by atoms with E-state index in [9.17, 15) is 0 Å². The summed E-state index contributed by atoms with van der Waals surface area (Å²) in [5.41, 5.74) is 13.4. The lowest BCUT2D eigenvalue weighted by Crippen LogP contribution is -2.14. The van der Waals surface area contributed by atoms with Gasteiger partial charge in [-0.3, -0.25) is 4.57 Å². The number of nitrogens with zero attached hydrogens (tertiary/aromatic N) is 4. The summed E-state index contributed by atoms with van der Waals surface area (Å²) in [5, 5.41) is 2.36. The van der Waals surface area contributed by atoms with Crippen LogP contribution >= 0.6 is 11.8 Å². The van der Waals surface area contributed by atoms with Crippen molar-refractivity contribution in [3.63, 3.8) is 0 Å². The van der Waals surface area contributed by atoms with Gasteiger partial charge in [0.1, 0.15) is 5.82 Å². The number of rotatable bonds is 6. The minimum absolute atomic E-state index is 0.690. The Bertz CT molecular complexity index is 3090. The van der Waals surface area contributed by atoms with Gasteiger partial charge in [0.15, 0.2) is 5.82 Å². The molecule has 0 radical (unpaired) electrons. The van der Waals surface area contributed by atoms with Gasteiger partial charge in [-0.25, -0.2) is 9.97 Å². The highest BCUT2D eigenvalue weighted by molar-refractivity contribution is 7.99. The minimum atomic E-state index is 0.690. The Hall–Kier alpha value is -7.21. The maximum absolute atomic E-state index is 5.26.